The Balaban J connectivity index is 2.03. The van der Waals surface area contributed by atoms with Crippen molar-refractivity contribution in [1.29, 1.82) is 0 Å². The molecule has 0 aliphatic heterocycles. The minimum Gasteiger partial charge on any atom is -0.368 e. The summed E-state index contributed by atoms with van der Waals surface area (Å²) in [7, 11) is 0. The number of rotatable bonds is 2. The Bertz CT molecular complexity index is 913. The molecule has 0 aliphatic carbocycles. The van der Waals surface area contributed by atoms with Crippen molar-refractivity contribution in [2.45, 2.75) is 26.2 Å². The van der Waals surface area contributed by atoms with Gasteiger partial charge >= 0.3 is 0 Å². The molecule has 0 saturated heterocycles. The van der Waals surface area contributed by atoms with Gasteiger partial charge in [0.05, 0.1) is 21.4 Å². The molecular formula is C20H19Cl2N3. The van der Waals surface area contributed by atoms with Crippen molar-refractivity contribution in [3.63, 3.8) is 0 Å². The van der Waals surface area contributed by atoms with E-state index < -0.39 is 0 Å². The van der Waals surface area contributed by atoms with Crippen molar-refractivity contribution < 1.29 is 0 Å². The molecule has 0 unspecified atom stereocenters. The second kappa shape index (κ2) is 6.66. The highest BCUT2D eigenvalue weighted by Gasteiger charge is 2.14. The SMILES string of the molecule is CC(C)(C)c1ccc(-c2cc(-c3ccc(Cl)c(Cl)c3)nc(N)n2)cc1. The summed E-state index contributed by atoms with van der Waals surface area (Å²) < 4.78 is 0. The van der Waals surface area contributed by atoms with E-state index in [9.17, 15) is 0 Å². The van der Waals surface area contributed by atoms with Gasteiger partial charge in [-0.25, -0.2) is 9.97 Å². The van der Waals surface area contributed by atoms with Gasteiger partial charge in [0.2, 0.25) is 5.95 Å². The number of nitrogens with zero attached hydrogens (tertiary/aromatic N) is 2. The third-order valence-electron chi connectivity index (χ3n) is 4.01. The molecule has 5 heteroatoms. The van der Waals surface area contributed by atoms with Crippen molar-refractivity contribution in [2.24, 2.45) is 0 Å². The predicted octanol–water partition coefficient (Wildman–Crippen LogP) is 6.00. The summed E-state index contributed by atoms with van der Waals surface area (Å²) in [6.07, 6.45) is 0. The molecule has 0 radical (unpaired) electrons. The fraction of sp³-hybridized carbons (Fsp3) is 0.200. The standard InChI is InChI=1S/C20H19Cl2N3/c1-20(2,3)14-7-4-12(5-8-14)17-11-18(25-19(23)24-17)13-6-9-15(21)16(22)10-13/h4-11H,1-3H3,(H2,23,24,25). The maximum Gasteiger partial charge on any atom is 0.221 e. The summed E-state index contributed by atoms with van der Waals surface area (Å²) in [5, 5.41) is 0.984. The van der Waals surface area contributed by atoms with E-state index in [0.717, 1.165) is 16.8 Å². The van der Waals surface area contributed by atoms with E-state index in [0.29, 0.717) is 15.7 Å². The van der Waals surface area contributed by atoms with E-state index in [4.69, 9.17) is 28.9 Å². The van der Waals surface area contributed by atoms with Crippen molar-refractivity contribution in [1.82, 2.24) is 9.97 Å². The van der Waals surface area contributed by atoms with Gasteiger partial charge in [-0.15, -0.1) is 0 Å². The number of hydrogen-bond acceptors (Lipinski definition) is 3. The number of benzene rings is 2. The number of halogens is 2. The molecule has 3 nitrogen and oxygen atoms in total. The number of nitrogen functional groups attached to an aromatic ring is 1. The Kier molecular flexibility index (Phi) is 4.72. The summed E-state index contributed by atoms with van der Waals surface area (Å²) in [6.45, 7) is 6.56. The first-order valence-corrected chi connectivity index (χ1v) is 8.70. The second-order valence-corrected chi connectivity index (χ2v) is 7.77. The molecule has 128 valence electrons. The van der Waals surface area contributed by atoms with Crippen LogP contribution >= 0.6 is 23.2 Å². The number of anilines is 1. The third-order valence-corrected chi connectivity index (χ3v) is 4.74. The lowest BCUT2D eigenvalue weighted by Gasteiger charge is -2.19. The smallest absolute Gasteiger partial charge is 0.221 e. The Hall–Kier alpha value is -2.10. The van der Waals surface area contributed by atoms with Crippen LogP contribution in [0.1, 0.15) is 26.3 Å². The zero-order valence-electron chi connectivity index (χ0n) is 14.3. The van der Waals surface area contributed by atoms with Gasteiger partial charge in [0.1, 0.15) is 0 Å². The van der Waals surface area contributed by atoms with Crippen LogP contribution in [0.15, 0.2) is 48.5 Å². The lowest BCUT2D eigenvalue weighted by atomic mass is 9.86. The predicted molar refractivity (Wildman–Crippen MR) is 106 cm³/mol. The second-order valence-electron chi connectivity index (χ2n) is 6.95. The Morgan fingerprint density at radius 1 is 0.760 bits per heavy atom. The van der Waals surface area contributed by atoms with Crippen LogP contribution in [0.25, 0.3) is 22.5 Å². The molecule has 0 bridgehead atoms. The topological polar surface area (TPSA) is 51.8 Å². The first-order chi connectivity index (χ1) is 11.7. The van der Waals surface area contributed by atoms with E-state index >= 15 is 0 Å². The lowest BCUT2D eigenvalue weighted by molar-refractivity contribution is 0.590. The van der Waals surface area contributed by atoms with Crippen molar-refractivity contribution in [3.05, 3.63) is 64.1 Å². The number of hydrogen-bond donors (Lipinski definition) is 1. The van der Waals surface area contributed by atoms with Gasteiger partial charge in [0.25, 0.3) is 0 Å². The van der Waals surface area contributed by atoms with Crippen LogP contribution in [0.4, 0.5) is 5.95 Å². The largest absolute Gasteiger partial charge is 0.368 e. The molecule has 2 aromatic carbocycles. The molecule has 0 atom stereocenters. The molecule has 2 N–H and O–H groups in total. The van der Waals surface area contributed by atoms with Gasteiger partial charge < -0.3 is 5.73 Å². The minimum absolute atomic E-state index is 0.106. The highest BCUT2D eigenvalue weighted by molar-refractivity contribution is 6.42. The Morgan fingerprint density at radius 3 is 1.88 bits per heavy atom. The van der Waals surface area contributed by atoms with E-state index in [1.165, 1.54) is 5.56 Å². The maximum absolute atomic E-state index is 6.11. The third kappa shape index (κ3) is 3.94. The van der Waals surface area contributed by atoms with Gasteiger partial charge in [-0.05, 0) is 29.2 Å². The van der Waals surface area contributed by atoms with Gasteiger partial charge in [-0.3, -0.25) is 0 Å². The first-order valence-electron chi connectivity index (χ1n) is 7.95. The van der Waals surface area contributed by atoms with E-state index in [-0.39, 0.29) is 11.4 Å². The summed E-state index contributed by atoms with van der Waals surface area (Å²) in [5.74, 6) is 0.221. The fourth-order valence-corrected chi connectivity index (χ4v) is 2.86. The van der Waals surface area contributed by atoms with Crippen LogP contribution in [-0.4, -0.2) is 9.97 Å². The highest BCUT2D eigenvalue weighted by atomic mass is 35.5. The normalized spacial score (nSPS) is 11.6. The van der Waals surface area contributed by atoms with E-state index in [1.54, 1.807) is 12.1 Å². The molecule has 0 saturated carbocycles. The van der Waals surface area contributed by atoms with Crippen LogP contribution in [-0.2, 0) is 5.41 Å². The highest BCUT2D eigenvalue weighted by Crippen LogP contribution is 2.30. The van der Waals surface area contributed by atoms with Gasteiger partial charge in [0, 0.05) is 11.1 Å². The Labute approximate surface area is 157 Å². The van der Waals surface area contributed by atoms with Gasteiger partial charge in [-0.1, -0.05) is 74.3 Å². The quantitative estimate of drug-likeness (QED) is 0.600. The van der Waals surface area contributed by atoms with Gasteiger partial charge in [-0.2, -0.15) is 0 Å². The van der Waals surface area contributed by atoms with Crippen LogP contribution in [0.3, 0.4) is 0 Å². The maximum atomic E-state index is 6.11. The molecular weight excluding hydrogens is 353 g/mol. The average Bonchev–Trinajstić information content (AvgIpc) is 2.56. The summed E-state index contributed by atoms with van der Waals surface area (Å²) in [4.78, 5) is 8.69. The van der Waals surface area contributed by atoms with Gasteiger partial charge in [0.15, 0.2) is 0 Å². The molecule has 0 spiro atoms. The molecule has 1 aromatic heterocycles. The number of nitrogens with two attached hydrogens (primary N) is 1. The monoisotopic (exact) mass is 371 g/mol. The molecule has 0 amide bonds. The zero-order valence-corrected chi connectivity index (χ0v) is 15.9. The molecule has 3 rings (SSSR count). The lowest BCUT2D eigenvalue weighted by Crippen LogP contribution is -2.10. The van der Waals surface area contributed by atoms with Crippen LogP contribution in [0.2, 0.25) is 10.0 Å². The average molecular weight is 372 g/mol. The van der Waals surface area contributed by atoms with E-state index in [2.05, 4.69) is 55.0 Å². The van der Waals surface area contributed by atoms with E-state index in [1.807, 2.05) is 12.1 Å². The van der Waals surface area contributed by atoms with Crippen molar-refractivity contribution >= 4 is 29.2 Å². The summed E-state index contributed by atoms with van der Waals surface area (Å²) in [6, 6.07) is 15.6. The zero-order chi connectivity index (χ0) is 18.2. The molecule has 25 heavy (non-hydrogen) atoms. The van der Waals surface area contributed by atoms with Crippen molar-refractivity contribution in [3.8, 4) is 22.5 Å². The Morgan fingerprint density at radius 2 is 1.32 bits per heavy atom. The molecule has 1 heterocycles. The van der Waals surface area contributed by atoms with Crippen LogP contribution in [0.5, 0.6) is 0 Å². The summed E-state index contributed by atoms with van der Waals surface area (Å²) in [5.41, 5.74) is 10.6. The molecule has 0 aliphatic rings. The number of aromatic nitrogens is 2. The minimum atomic E-state index is 0.106. The van der Waals surface area contributed by atoms with Crippen LogP contribution < -0.4 is 5.73 Å². The fourth-order valence-electron chi connectivity index (χ4n) is 2.56. The molecule has 3 aromatic rings. The van der Waals surface area contributed by atoms with Crippen LogP contribution in [0, 0.1) is 0 Å². The first kappa shape index (κ1) is 17.7. The molecule has 0 fully saturated rings. The summed E-state index contributed by atoms with van der Waals surface area (Å²) >= 11 is 12.1. The van der Waals surface area contributed by atoms with Crippen molar-refractivity contribution in [2.75, 3.05) is 5.73 Å².